The molecule has 4 rings (SSSR count). The van der Waals surface area contributed by atoms with Crippen molar-refractivity contribution in [3.05, 3.63) is 88.4 Å². The highest BCUT2D eigenvalue weighted by atomic mass is 35.5. The fraction of sp³-hybridized carbons (Fsp3) is 0.269. The molecule has 35 heavy (non-hydrogen) atoms. The minimum Gasteiger partial charge on any atom is -0.497 e. The normalized spacial score (nSPS) is 15.8. The number of halogens is 1. The van der Waals surface area contributed by atoms with Gasteiger partial charge in [-0.3, -0.25) is 4.79 Å². The van der Waals surface area contributed by atoms with E-state index in [2.05, 4.69) is 5.32 Å². The molecule has 1 N–H and O–H groups in total. The fourth-order valence-electron chi connectivity index (χ4n) is 4.33. The largest absolute Gasteiger partial charge is 0.497 e. The third-order valence-corrected chi connectivity index (χ3v) is 8.30. The maximum Gasteiger partial charge on any atom is 0.243 e. The van der Waals surface area contributed by atoms with Crippen LogP contribution in [0.25, 0.3) is 0 Å². The van der Waals surface area contributed by atoms with Crippen LogP contribution in [0.15, 0.2) is 71.6 Å². The molecule has 1 aliphatic heterocycles. The summed E-state index contributed by atoms with van der Waals surface area (Å²) in [6.07, 6.45) is 0.554. The van der Waals surface area contributed by atoms with Gasteiger partial charge in [0.15, 0.2) is 0 Å². The summed E-state index contributed by atoms with van der Waals surface area (Å²) < 4.78 is 39.2. The molecule has 1 aliphatic rings. The van der Waals surface area contributed by atoms with Gasteiger partial charge in [0.25, 0.3) is 0 Å². The molecule has 0 saturated carbocycles. The van der Waals surface area contributed by atoms with Crippen LogP contribution >= 0.6 is 11.6 Å². The standard InChI is InChI=1S/C26H27ClN2O5S/c1-33-21-9-12-25(34-2)19(15-21)17-28-26(30)16-24-23-6-4-3-5-18(23)13-14-29(24)35(31,32)22-10-7-20(27)8-11-22/h3-12,15,24H,13-14,16-17H2,1-2H3,(H,28,30)/t24-/m0/s1. The van der Waals surface area contributed by atoms with Gasteiger partial charge in [-0.1, -0.05) is 35.9 Å². The number of fused-ring (bicyclic) bond motifs is 1. The van der Waals surface area contributed by atoms with E-state index in [0.29, 0.717) is 22.9 Å². The molecule has 3 aromatic rings. The molecular formula is C26H27ClN2O5S. The van der Waals surface area contributed by atoms with Crippen LogP contribution in [-0.4, -0.2) is 39.4 Å². The Morgan fingerprint density at radius 3 is 2.51 bits per heavy atom. The van der Waals surface area contributed by atoms with Gasteiger partial charge < -0.3 is 14.8 Å². The van der Waals surface area contributed by atoms with Crippen LogP contribution in [0.4, 0.5) is 0 Å². The highest BCUT2D eigenvalue weighted by molar-refractivity contribution is 7.89. The van der Waals surface area contributed by atoms with Gasteiger partial charge in [0.05, 0.1) is 25.2 Å². The average Bonchev–Trinajstić information content (AvgIpc) is 2.87. The lowest BCUT2D eigenvalue weighted by Crippen LogP contribution is -2.42. The van der Waals surface area contributed by atoms with Gasteiger partial charge in [0.2, 0.25) is 15.9 Å². The Bertz CT molecular complexity index is 1310. The number of hydrogen-bond donors (Lipinski definition) is 1. The maximum absolute atomic E-state index is 13.6. The molecule has 7 nitrogen and oxygen atoms in total. The Kier molecular flexibility index (Phi) is 7.64. The molecule has 3 aromatic carbocycles. The van der Waals surface area contributed by atoms with Gasteiger partial charge in [-0.25, -0.2) is 8.42 Å². The van der Waals surface area contributed by atoms with E-state index in [4.69, 9.17) is 21.1 Å². The second-order valence-electron chi connectivity index (χ2n) is 8.19. The highest BCUT2D eigenvalue weighted by Crippen LogP contribution is 2.36. The second-order valence-corrected chi connectivity index (χ2v) is 10.5. The monoisotopic (exact) mass is 514 g/mol. The first-order chi connectivity index (χ1) is 16.8. The van der Waals surface area contributed by atoms with Crippen molar-refractivity contribution in [3.8, 4) is 11.5 Å². The molecule has 1 atom stereocenters. The van der Waals surface area contributed by atoms with E-state index in [9.17, 15) is 13.2 Å². The predicted molar refractivity (Wildman–Crippen MR) is 134 cm³/mol. The Morgan fingerprint density at radius 1 is 1.06 bits per heavy atom. The van der Waals surface area contributed by atoms with E-state index in [1.807, 2.05) is 24.3 Å². The van der Waals surface area contributed by atoms with Crippen molar-refractivity contribution in [2.24, 2.45) is 0 Å². The van der Waals surface area contributed by atoms with Crippen LogP contribution in [0.5, 0.6) is 11.5 Å². The van der Waals surface area contributed by atoms with Gasteiger partial charge in [-0.05, 0) is 60.0 Å². The number of nitrogens with one attached hydrogen (secondary N) is 1. The zero-order chi connectivity index (χ0) is 25.0. The fourth-order valence-corrected chi connectivity index (χ4v) is 6.06. The molecule has 0 aromatic heterocycles. The van der Waals surface area contributed by atoms with Crippen molar-refractivity contribution >= 4 is 27.5 Å². The topological polar surface area (TPSA) is 84.9 Å². The Labute approximate surface area is 210 Å². The summed E-state index contributed by atoms with van der Waals surface area (Å²) in [5.41, 5.74) is 2.64. The molecule has 1 amide bonds. The molecule has 0 radical (unpaired) electrons. The van der Waals surface area contributed by atoms with Crippen LogP contribution < -0.4 is 14.8 Å². The van der Waals surface area contributed by atoms with Crippen molar-refractivity contribution in [3.63, 3.8) is 0 Å². The van der Waals surface area contributed by atoms with Crippen molar-refractivity contribution < 1.29 is 22.7 Å². The molecular weight excluding hydrogens is 488 g/mol. The summed E-state index contributed by atoms with van der Waals surface area (Å²) in [6, 6.07) is 18.5. The molecule has 0 spiro atoms. The van der Waals surface area contributed by atoms with Gasteiger partial charge in [-0.15, -0.1) is 0 Å². The number of benzene rings is 3. The minimum atomic E-state index is -3.84. The van der Waals surface area contributed by atoms with E-state index in [1.165, 1.54) is 16.4 Å². The molecule has 0 saturated heterocycles. The Balaban J connectivity index is 1.58. The molecule has 0 unspecified atom stereocenters. The molecule has 184 valence electrons. The Morgan fingerprint density at radius 2 is 1.80 bits per heavy atom. The lowest BCUT2D eigenvalue weighted by atomic mass is 9.92. The zero-order valence-electron chi connectivity index (χ0n) is 19.5. The van der Waals surface area contributed by atoms with E-state index >= 15 is 0 Å². The van der Waals surface area contributed by atoms with Crippen molar-refractivity contribution in [2.75, 3.05) is 20.8 Å². The Hall–Kier alpha value is -3.07. The number of hydrogen-bond acceptors (Lipinski definition) is 5. The lowest BCUT2D eigenvalue weighted by Gasteiger charge is -2.36. The molecule has 1 heterocycles. The summed E-state index contributed by atoms with van der Waals surface area (Å²) in [5.74, 6) is 1.01. The summed E-state index contributed by atoms with van der Waals surface area (Å²) in [7, 11) is -0.714. The molecule has 0 bridgehead atoms. The van der Waals surface area contributed by atoms with E-state index < -0.39 is 16.1 Å². The number of amides is 1. The van der Waals surface area contributed by atoms with E-state index in [-0.39, 0.29) is 30.3 Å². The number of rotatable bonds is 8. The van der Waals surface area contributed by atoms with Gasteiger partial charge in [0, 0.05) is 30.1 Å². The minimum absolute atomic E-state index is 0.0177. The van der Waals surface area contributed by atoms with E-state index in [0.717, 1.165) is 16.7 Å². The highest BCUT2D eigenvalue weighted by Gasteiger charge is 2.37. The molecule has 0 fully saturated rings. The first-order valence-electron chi connectivity index (χ1n) is 11.2. The summed E-state index contributed by atoms with van der Waals surface area (Å²) in [5, 5.41) is 3.36. The third-order valence-electron chi connectivity index (χ3n) is 6.13. The van der Waals surface area contributed by atoms with Crippen LogP contribution in [0.1, 0.15) is 29.2 Å². The number of ether oxygens (including phenoxy) is 2. The summed E-state index contributed by atoms with van der Waals surface area (Å²) in [4.78, 5) is 13.2. The quantitative estimate of drug-likeness (QED) is 0.483. The SMILES string of the molecule is COc1ccc(OC)c(CNC(=O)C[C@H]2c3ccccc3CCN2S(=O)(=O)c2ccc(Cl)cc2)c1. The van der Waals surface area contributed by atoms with Crippen molar-refractivity contribution in [1.29, 1.82) is 0 Å². The maximum atomic E-state index is 13.6. The van der Waals surface area contributed by atoms with Crippen molar-refractivity contribution in [2.45, 2.75) is 30.3 Å². The van der Waals surface area contributed by atoms with Gasteiger partial charge in [-0.2, -0.15) is 4.31 Å². The number of carbonyl (C=O) groups excluding carboxylic acids is 1. The third kappa shape index (κ3) is 5.45. The summed E-state index contributed by atoms with van der Waals surface area (Å²) in [6.45, 7) is 0.501. The number of carbonyl (C=O) groups is 1. The van der Waals surface area contributed by atoms with Gasteiger partial charge in [0.1, 0.15) is 11.5 Å². The molecule has 9 heteroatoms. The lowest BCUT2D eigenvalue weighted by molar-refractivity contribution is -0.122. The summed E-state index contributed by atoms with van der Waals surface area (Å²) >= 11 is 5.96. The average molecular weight is 515 g/mol. The van der Waals surface area contributed by atoms with E-state index in [1.54, 1.807) is 44.6 Å². The smallest absolute Gasteiger partial charge is 0.243 e. The predicted octanol–water partition coefficient (Wildman–Crippen LogP) is 4.35. The van der Waals surface area contributed by atoms with Crippen molar-refractivity contribution in [1.82, 2.24) is 9.62 Å². The molecule has 0 aliphatic carbocycles. The number of sulfonamides is 1. The van der Waals surface area contributed by atoms with Crippen LogP contribution in [0, 0.1) is 0 Å². The number of nitrogens with zero attached hydrogens (tertiary/aromatic N) is 1. The van der Waals surface area contributed by atoms with Crippen LogP contribution in [-0.2, 0) is 27.8 Å². The van der Waals surface area contributed by atoms with Crippen LogP contribution in [0.3, 0.4) is 0 Å². The first kappa shape index (κ1) is 25.0. The van der Waals surface area contributed by atoms with Crippen LogP contribution in [0.2, 0.25) is 5.02 Å². The first-order valence-corrected chi connectivity index (χ1v) is 13.0. The second kappa shape index (κ2) is 10.7. The number of methoxy groups -OCH3 is 2. The zero-order valence-corrected chi connectivity index (χ0v) is 21.1. The van der Waals surface area contributed by atoms with Gasteiger partial charge >= 0.3 is 0 Å².